The molecule has 1 aromatic carbocycles. The summed E-state index contributed by atoms with van der Waals surface area (Å²) >= 11 is 0. The monoisotopic (exact) mass is 229 g/mol. The first-order chi connectivity index (χ1) is 7.04. The molecule has 0 aliphatic rings. The number of nitrogens with one attached hydrogen (secondary N) is 1. The molecule has 4 nitrogen and oxygen atoms in total. The normalized spacial score (nSPS) is 12.1. The van der Waals surface area contributed by atoms with Crippen LogP contribution in [-0.4, -0.2) is 20.5 Å². The maximum atomic E-state index is 13.4. The third-order valence-electron chi connectivity index (χ3n) is 2.10. The molecule has 0 atom stereocenters. The van der Waals surface area contributed by atoms with Gasteiger partial charge in [0.1, 0.15) is 5.82 Å². The number of H-pyrrole nitrogens is 1. The van der Waals surface area contributed by atoms with E-state index in [0.29, 0.717) is 10.9 Å². The largest absolute Gasteiger partial charge is 0.361 e. The Bertz CT molecular complexity index is 603. The molecule has 0 aliphatic carbocycles. The van der Waals surface area contributed by atoms with Gasteiger partial charge in [-0.15, -0.1) is 0 Å². The molecule has 6 heteroatoms. The Morgan fingerprint density at radius 2 is 2.13 bits per heavy atom. The smallest absolute Gasteiger partial charge is 0.296 e. The molecule has 0 saturated heterocycles. The molecule has 1 aromatic heterocycles. The van der Waals surface area contributed by atoms with Crippen LogP contribution in [-0.2, 0) is 14.3 Å². The SMILES string of the molecule is COS(=O)(=O)c1cc(F)c2cc[nH]c2c1. The van der Waals surface area contributed by atoms with Crippen LogP contribution < -0.4 is 0 Å². The van der Waals surface area contributed by atoms with Gasteiger partial charge in [0.2, 0.25) is 0 Å². The molecule has 0 fully saturated rings. The molecular formula is C9H8FNO3S. The van der Waals surface area contributed by atoms with E-state index in [2.05, 4.69) is 9.17 Å². The van der Waals surface area contributed by atoms with Crippen LogP contribution in [0.15, 0.2) is 29.3 Å². The van der Waals surface area contributed by atoms with E-state index < -0.39 is 15.9 Å². The molecule has 2 rings (SSSR count). The van der Waals surface area contributed by atoms with Gasteiger partial charge in [-0.05, 0) is 18.2 Å². The third kappa shape index (κ3) is 1.62. The molecule has 0 unspecified atom stereocenters. The highest BCUT2D eigenvalue weighted by Gasteiger charge is 2.16. The Morgan fingerprint density at radius 3 is 2.80 bits per heavy atom. The minimum atomic E-state index is -3.85. The van der Waals surface area contributed by atoms with E-state index in [1.54, 1.807) is 0 Å². The minimum Gasteiger partial charge on any atom is -0.361 e. The quantitative estimate of drug-likeness (QED) is 0.796. The summed E-state index contributed by atoms with van der Waals surface area (Å²) in [7, 11) is -2.82. The molecule has 15 heavy (non-hydrogen) atoms. The lowest BCUT2D eigenvalue weighted by Crippen LogP contribution is -2.03. The molecule has 0 bridgehead atoms. The first-order valence-electron chi connectivity index (χ1n) is 4.12. The van der Waals surface area contributed by atoms with E-state index in [9.17, 15) is 12.8 Å². The average Bonchev–Trinajstić information content (AvgIpc) is 2.66. The average molecular weight is 229 g/mol. The third-order valence-corrected chi connectivity index (χ3v) is 3.35. The van der Waals surface area contributed by atoms with Crippen molar-refractivity contribution in [2.24, 2.45) is 0 Å². The van der Waals surface area contributed by atoms with Crippen LogP contribution in [0, 0.1) is 5.82 Å². The van der Waals surface area contributed by atoms with Crippen LogP contribution in [0.2, 0.25) is 0 Å². The highest BCUT2D eigenvalue weighted by atomic mass is 32.2. The Kier molecular flexibility index (Phi) is 2.24. The van der Waals surface area contributed by atoms with Crippen molar-refractivity contribution in [1.82, 2.24) is 4.98 Å². The molecule has 0 amide bonds. The number of aromatic amines is 1. The predicted octanol–water partition coefficient (Wildman–Crippen LogP) is 1.64. The first kappa shape index (κ1) is 10.1. The second kappa shape index (κ2) is 3.32. The predicted molar refractivity (Wildman–Crippen MR) is 52.5 cm³/mol. The van der Waals surface area contributed by atoms with Crippen molar-refractivity contribution in [2.75, 3.05) is 7.11 Å². The molecule has 0 aliphatic heterocycles. The number of hydrogen-bond acceptors (Lipinski definition) is 3. The fourth-order valence-electron chi connectivity index (χ4n) is 1.34. The lowest BCUT2D eigenvalue weighted by atomic mass is 10.2. The van der Waals surface area contributed by atoms with E-state index in [1.807, 2.05) is 0 Å². The molecule has 0 saturated carbocycles. The fraction of sp³-hybridized carbons (Fsp3) is 0.111. The summed E-state index contributed by atoms with van der Waals surface area (Å²) in [6.07, 6.45) is 1.54. The summed E-state index contributed by atoms with van der Waals surface area (Å²) < 4.78 is 40.3. The number of hydrogen-bond donors (Lipinski definition) is 1. The van der Waals surface area contributed by atoms with Gasteiger partial charge in [-0.1, -0.05) is 0 Å². The summed E-state index contributed by atoms with van der Waals surface area (Å²) in [4.78, 5) is 2.54. The van der Waals surface area contributed by atoms with Gasteiger partial charge in [0.15, 0.2) is 0 Å². The Hall–Kier alpha value is -1.40. The van der Waals surface area contributed by atoms with E-state index in [0.717, 1.165) is 13.2 Å². The Morgan fingerprint density at radius 1 is 1.40 bits per heavy atom. The van der Waals surface area contributed by atoms with Crippen LogP contribution >= 0.6 is 0 Å². The van der Waals surface area contributed by atoms with E-state index in [4.69, 9.17) is 0 Å². The van der Waals surface area contributed by atoms with Crippen LogP contribution in [0.1, 0.15) is 0 Å². The molecule has 80 valence electrons. The van der Waals surface area contributed by atoms with Crippen molar-refractivity contribution in [3.63, 3.8) is 0 Å². The number of rotatable bonds is 2. The highest BCUT2D eigenvalue weighted by Crippen LogP contribution is 2.22. The number of fused-ring (bicyclic) bond motifs is 1. The van der Waals surface area contributed by atoms with Gasteiger partial charge < -0.3 is 4.98 Å². The molecule has 1 heterocycles. The maximum absolute atomic E-state index is 13.4. The molecule has 0 spiro atoms. The molecule has 0 radical (unpaired) electrons. The van der Waals surface area contributed by atoms with Crippen molar-refractivity contribution >= 4 is 21.0 Å². The number of benzene rings is 1. The Balaban J connectivity index is 2.75. The number of aromatic nitrogens is 1. The van der Waals surface area contributed by atoms with E-state index in [1.165, 1.54) is 18.3 Å². The van der Waals surface area contributed by atoms with Gasteiger partial charge in [-0.25, -0.2) is 4.39 Å². The zero-order valence-corrected chi connectivity index (χ0v) is 8.64. The van der Waals surface area contributed by atoms with Crippen LogP contribution in [0.4, 0.5) is 4.39 Å². The van der Waals surface area contributed by atoms with Gasteiger partial charge in [0.05, 0.1) is 12.0 Å². The summed E-state index contributed by atoms with van der Waals surface area (Å²) in [5.74, 6) is -0.593. The number of halogens is 1. The molecule has 2 aromatic rings. The second-order valence-corrected chi connectivity index (χ2v) is 4.68. The zero-order valence-electron chi connectivity index (χ0n) is 7.82. The van der Waals surface area contributed by atoms with Crippen molar-refractivity contribution in [2.45, 2.75) is 4.90 Å². The summed E-state index contributed by atoms with van der Waals surface area (Å²) in [5.41, 5.74) is 0.422. The lowest BCUT2D eigenvalue weighted by Gasteiger charge is -2.02. The van der Waals surface area contributed by atoms with Crippen LogP contribution in [0.25, 0.3) is 10.9 Å². The first-order valence-corrected chi connectivity index (χ1v) is 5.52. The van der Waals surface area contributed by atoms with Crippen molar-refractivity contribution < 1.29 is 17.0 Å². The maximum Gasteiger partial charge on any atom is 0.296 e. The van der Waals surface area contributed by atoms with E-state index >= 15 is 0 Å². The summed E-state index contributed by atoms with van der Waals surface area (Å²) in [5, 5.41) is 0.352. The van der Waals surface area contributed by atoms with Gasteiger partial charge in [0, 0.05) is 17.1 Å². The topological polar surface area (TPSA) is 59.2 Å². The fourth-order valence-corrected chi connectivity index (χ4v) is 2.04. The lowest BCUT2D eigenvalue weighted by molar-refractivity contribution is 0.397. The van der Waals surface area contributed by atoms with E-state index in [-0.39, 0.29) is 4.90 Å². The standard InChI is InChI=1S/C9H8FNO3S/c1-14-15(12,13)6-4-8(10)7-2-3-11-9(7)5-6/h2-5,11H,1H3. The minimum absolute atomic E-state index is 0.197. The van der Waals surface area contributed by atoms with Crippen LogP contribution in [0.5, 0.6) is 0 Å². The van der Waals surface area contributed by atoms with Gasteiger partial charge >= 0.3 is 0 Å². The molecular weight excluding hydrogens is 221 g/mol. The van der Waals surface area contributed by atoms with Crippen molar-refractivity contribution in [3.05, 3.63) is 30.2 Å². The molecule has 1 N–H and O–H groups in total. The Labute approximate surface area is 85.8 Å². The summed E-state index contributed by atoms with van der Waals surface area (Å²) in [6, 6.07) is 3.81. The van der Waals surface area contributed by atoms with Gasteiger partial charge in [0.25, 0.3) is 10.1 Å². The van der Waals surface area contributed by atoms with Crippen LogP contribution in [0.3, 0.4) is 0 Å². The van der Waals surface area contributed by atoms with Crippen molar-refractivity contribution in [3.8, 4) is 0 Å². The highest BCUT2D eigenvalue weighted by molar-refractivity contribution is 7.86. The van der Waals surface area contributed by atoms with Gasteiger partial charge in [-0.3, -0.25) is 4.18 Å². The zero-order chi connectivity index (χ0) is 11.1. The van der Waals surface area contributed by atoms with Gasteiger partial charge in [-0.2, -0.15) is 8.42 Å². The summed E-state index contributed by atoms with van der Waals surface area (Å²) in [6.45, 7) is 0. The second-order valence-electron chi connectivity index (χ2n) is 2.96. The van der Waals surface area contributed by atoms with Crippen molar-refractivity contribution in [1.29, 1.82) is 0 Å².